The Morgan fingerprint density at radius 1 is 1.22 bits per heavy atom. The van der Waals surface area contributed by atoms with Crippen molar-refractivity contribution in [3.05, 3.63) is 41.5 Å². The smallest absolute Gasteiger partial charge is 0.0589 e. The molecule has 0 bridgehead atoms. The Bertz CT molecular complexity index is 625. The fourth-order valence-electron chi connectivity index (χ4n) is 5.31. The summed E-state index contributed by atoms with van der Waals surface area (Å²) in [5.41, 5.74) is 3.63. The number of ether oxygens (including phenoxy) is 1. The second kappa shape index (κ2) is 8.46. The van der Waals surface area contributed by atoms with Crippen LogP contribution in [-0.2, 0) is 4.74 Å². The van der Waals surface area contributed by atoms with Crippen molar-refractivity contribution in [3.63, 3.8) is 0 Å². The molecule has 3 heteroatoms. The van der Waals surface area contributed by atoms with E-state index in [0.29, 0.717) is 5.41 Å². The van der Waals surface area contributed by atoms with Crippen molar-refractivity contribution in [2.45, 2.75) is 57.5 Å². The predicted octanol–water partition coefficient (Wildman–Crippen LogP) is 4.35. The van der Waals surface area contributed by atoms with Gasteiger partial charge in [0.1, 0.15) is 0 Å². The summed E-state index contributed by atoms with van der Waals surface area (Å²) in [5.74, 6) is 0.766. The molecule has 3 nitrogen and oxygen atoms in total. The van der Waals surface area contributed by atoms with Crippen molar-refractivity contribution >= 4 is 6.08 Å². The maximum Gasteiger partial charge on any atom is 0.0589 e. The lowest BCUT2D eigenvalue weighted by Gasteiger charge is -2.52. The van der Waals surface area contributed by atoms with Crippen molar-refractivity contribution in [2.24, 2.45) is 11.3 Å². The van der Waals surface area contributed by atoms with E-state index < -0.39 is 0 Å². The standard InChI is InChI=1S/C24H36N2O/c1-3-20(15-19-7-5-4-6-8-19)22-16-23(22)25-21-17-24(18-21)9-11-26(12-10-24)13-14-27-2/h4-8,15,21-23,25H,3,9-14,16-18H2,1-2H3/b20-15+/t22-,23+/m1/s1. The molecule has 1 heterocycles. The average molecular weight is 369 g/mol. The number of benzene rings is 1. The molecule has 148 valence electrons. The summed E-state index contributed by atoms with van der Waals surface area (Å²) >= 11 is 0. The first-order valence-electron chi connectivity index (χ1n) is 10.9. The van der Waals surface area contributed by atoms with Gasteiger partial charge >= 0.3 is 0 Å². The number of methoxy groups -OCH3 is 1. The molecule has 2 atom stereocenters. The molecule has 0 amide bonds. The SMILES string of the molecule is CC/C(=C\c1ccccc1)[C@H]1C[C@@H]1NC1CC2(CCN(CCOC)CC2)C1. The number of hydrogen-bond donors (Lipinski definition) is 1. The van der Waals surface area contributed by atoms with Crippen LogP contribution in [0.4, 0.5) is 0 Å². The van der Waals surface area contributed by atoms with E-state index in [0.717, 1.165) is 31.2 Å². The van der Waals surface area contributed by atoms with Gasteiger partial charge in [-0.1, -0.05) is 48.9 Å². The molecule has 2 aliphatic carbocycles. The maximum atomic E-state index is 5.22. The van der Waals surface area contributed by atoms with Crippen LogP contribution in [0.25, 0.3) is 6.08 Å². The van der Waals surface area contributed by atoms with Gasteiger partial charge in [0.15, 0.2) is 0 Å². The third kappa shape index (κ3) is 4.64. The Labute approximate surface area is 165 Å². The highest BCUT2D eigenvalue weighted by atomic mass is 16.5. The molecule has 3 fully saturated rings. The van der Waals surface area contributed by atoms with Crippen LogP contribution in [0.2, 0.25) is 0 Å². The van der Waals surface area contributed by atoms with Gasteiger partial charge in [0.2, 0.25) is 0 Å². The van der Waals surface area contributed by atoms with E-state index in [9.17, 15) is 0 Å². The van der Waals surface area contributed by atoms with Gasteiger partial charge in [0.05, 0.1) is 6.61 Å². The largest absolute Gasteiger partial charge is 0.383 e. The summed E-state index contributed by atoms with van der Waals surface area (Å²) in [6.45, 7) is 6.81. The summed E-state index contributed by atoms with van der Waals surface area (Å²) < 4.78 is 5.22. The molecule has 2 saturated carbocycles. The molecular weight excluding hydrogens is 332 g/mol. The van der Waals surface area contributed by atoms with E-state index in [1.807, 2.05) is 0 Å². The van der Waals surface area contributed by atoms with Crippen LogP contribution in [0, 0.1) is 11.3 Å². The Morgan fingerprint density at radius 3 is 2.63 bits per heavy atom. The van der Waals surface area contributed by atoms with Crippen LogP contribution in [0.5, 0.6) is 0 Å². The second-order valence-corrected chi connectivity index (χ2v) is 9.04. The minimum absolute atomic E-state index is 0.652. The lowest BCUT2D eigenvalue weighted by atomic mass is 9.60. The van der Waals surface area contributed by atoms with Gasteiger partial charge in [-0.05, 0) is 68.5 Å². The number of nitrogens with zero attached hydrogens (tertiary/aromatic N) is 1. The van der Waals surface area contributed by atoms with Crippen LogP contribution < -0.4 is 5.32 Å². The second-order valence-electron chi connectivity index (χ2n) is 9.04. The Kier molecular flexibility index (Phi) is 6.01. The van der Waals surface area contributed by atoms with Gasteiger partial charge in [-0.2, -0.15) is 0 Å². The van der Waals surface area contributed by atoms with E-state index in [4.69, 9.17) is 4.74 Å². The van der Waals surface area contributed by atoms with Crippen molar-refractivity contribution in [3.8, 4) is 0 Å². The molecule has 27 heavy (non-hydrogen) atoms. The summed E-state index contributed by atoms with van der Waals surface area (Å²) in [4.78, 5) is 2.58. The topological polar surface area (TPSA) is 24.5 Å². The molecule has 1 N–H and O–H groups in total. The Hall–Kier alpha value is -1.16. The van der Waals surface area contributed by atoms with Crippen LogP contribution in [0.1, 0.15) is 51.0 Å². The molecule has 1 aromatic rings. The summed E-state index contributed by atoms with van der Waals surface area (Å²) in [7, 11) is 1.80. The predicted molar refractivity (Wildman–Crippen MR) is 113 cm³/mol. The minimum Gasteiger partial charge on any atom is -0.383 e. The number of likely N-dealkylation sites (tertiary alicyclic amines) is 1. The van der Waals surface area contributed by atoms with Crippen molar-refractivity contribution in [2.75, 3.05) is 33.4 Å². The molecule has 3 aliphatic rings. The van der Waals surface area contributed by atoms with E-state index in [2.05, 4.69) is 53.5 Å². The number of rotatable bonds is 8. The summed E-state index contributed by atoms with van der Waals surface area (Å²) in [6.07, 6.45) is 10.5. The van der Waals surface area contributed by atoms with Crippen LogP contribution in [0.15, 0.2) is 35.9 Å². The lowest BCUT2D eigenvalue weighted by Crippen LogP contribution is -2.54. The van der Waals surface area contributed by atoms with Gasteiger partial charge in [-0.3, -0.25) is 0 Å². The molecule has 0 aromatic heterocycles. The molecule has 1 saturated heterocycles. The molecule has 1 spiro atoms. The first-order valence-corrected chi connectivity index (χ1v) is 10.9. The maximum absolute atomic E-state index is 5.22. The minimum atomic E-state index is 0.652. The van der Waals surface area contributed by atoms with Gasteiger partial charge < -0.3 is 15.0 Å². The molecule has 1 aliphatic heterocycles. The van der Waals surface area contributed by atoms with Gasteiger partial charge in [-0.15, -0.1) is 0 Å². The van der Waals surface area contributed by atoms with E-state index in [1.54, 1.807) is 12.7 Å². The first-order chi connectivity index (χ1) is 13.2. The molecule has 4 rings (SSSR count). The highest BCUT2D eigenvalue weighted by Crippen LogP contribution is 2.50. The normalized spacial score (nSPS) is 28.3. The third-order valence-electron chi connectivity index (χ3n) is 7.16. The number of nitrogens with one attached hydrogen (secondary N) is 1. The average Bonchev–Trinajstić information content (AvgIpc) is 3.44. The van der Waals surface area contributed by atoms with Gasteiger partial charge in [-0.25, -0.2) is 0 Å². The first kappa shape index (κ1) is 19.2. The van der Waals surface area contributed by atoms with Gasteiger partial charge in [0, 0.05) is 25.7 Å². The van der Waals surface area contributed by atoms with E-state index in [1.165, 1.54) is 57.2 Å². The zero-order valence-corrected chi connectivity index (χ0v) is 17.1. The fourth-order valence-corrected chi connectivity index (χ4v) is 5.31. The zero-order valence-electron chi connectivity index (χ0n) is 17.1. The van der Waals surface area contributed by atoms with Crippen molar-refractivity contribution < 1.29 is 4.74 Å². The quantitative estimate of drug-likeness (QED) is 0.738. The van der Waals surface area contributed by atoms with Crippen LogP contribution in [-0.4, -0.2) is 50.3 Å². The molecule has 0 unspecified atom stereocenters. The highest BCUT2D eigenvalue weighted by molar-refractivity contribution is 5.54. The highest BCUT2D eigenvalue weighted by Gasteiger charge is 2.49. The Morgan fingerprint density at radius 2 is 1.96 bits per heavy atom. The summed E-state index contributed by atoms with van der Waals surface area (Å²) in [5, 5.41) is 3.98. The lowest BCUT2D eigenvalue weighted by molar-refractivity contribution is -0.000607. The van der Waals surface area contributed by atoms with Crippen LogP contribution >= 0.6 is 0 Å². The van der Waals surface area contributed by atoms with Crippen molar-refractivity contribution in [1.29, 1.82) is 0 Å². The monoisotopic (exact) mass is 368 g/mol. The fraction of sp³-hybridized carbons (Fsp3) is 0.667. The molecule has 0 radical (unpaired) electrons. The van der Waals surface area contributed by atoms with Crippen molar-refractivity contribution in [1.82, 2.24) is 10.2 Å². The van der Waals surface area contributed by atoms with Gasteiger partial charge in [0.25, 0.3) is 0 Å². The van der Waals surface area contributed by atoms with Crippen LogP contribution in [0.3, 0.4) is 0 Å². The number of hydrogen-bond acceptors (Lipinski definition) is 3. The zero-order chi connectivity index (χ0) is 18.7. The third-order valence-corrected chi connectivity index (χ3v) is 7.16. The summed E-state index contributed by atoms with van der Waals surface area (Å²) in [6, 6.07) is 12.3. The Balaban J connectivity index is 1.21. The van der Waals surface area contributed by atoms with E-state index >= 15 is 0 Å². The number of piperidine rings is 1. The molecular formula is C24H36N2O. The molecule has 1 aromatic carbocycles. The van der Waals surface area contributed by atoms with E-state index in [-0.39, 0.29) is 0 Å².